The summed E-state index contributed by atoms with van der Waals surface area (Å²) in [5, 5.41) is 1.09. The van der Waals surface area contributed by atoms with Crippen LogP contribution in [-0.2, 0) is 11.0 Å². The highest BCUT2D eigenvalue weighted by atomic mass is 35.5. The molecule has 0 aliphatic rings. The van der Waals surface area contributed by atoms with E-state index in [1.54, 1.807) is 0 Å². The Kier molecular flexibility index (Phi) is 4.87. The third-order valence-corrected chi connectivity index (χ3v) is 8.47. The van der Waals surface area contributed by atoms with Crippen molar-refractivity contribution < 1.29 is 4.43 Å². The minimum absolute atomic E-state index is 0.290. The van der Waals surface area contributed by atoms with Crippen LogP contribution in [0.4, 0.5) is 0 Å². The second kappa shape index (κ2) is 5.59. The highest BCUT2D eigenvalue weighted by Gasteiger charge is 2.36. The van der Waals surface area contributed by atoms with Crippen molar-refractivity contribution in [1.29, 1.82) is 0 Å². The van der Waals surface area contributed by atoms with Crippen LogP contribution < -0.4 is 0 Å². The summed E-state index contributed by atoms with van der Waals surface area (Å²) in [6.07, 6.45) is 3.02. The monoisotopic (exact) mass is 273 g/mol. The zero-order chi connectivity index (χ0) is 13.1. The number of nitrogens with zero attached hydrogens (tertiary/aromatic N) is 1. The number of rotatable bonds is 5. The summed E-state index contributed by atoms with van der Waals surface area (Å²) < 4.78 is 8.17. The highest BCUT2D eigenvalue weighted by Crippen LogP contribution is 2.36. The van der Waals surface area contributed by atoms with Gasteiger partial charge in [-0.15, -0.1) is 0 Å². The average Bonchev–Trinajstić information content (AvgIpc) is 2.57. The molecule has 1 rings (SSSR count). The van der Waals surface area contributed by atoms with Crippen molar-refractivity contribution in [3.63, 3.8) is 0 Å². The molecular weight excluding hydrogens is 250 g/mol. The van der Waals surface area contributed by atoms with Gasteiger partial charge in [0.1, 0.15) is 5.15 Å². The fraction of sp³-hybridized carbons (Fsp3) is 0.692. The minimum Gasteiger partial charge on any atom is -0.417 e. The SMILES string of the molecule is CC(C)(C)[Si](C)(C)OCCCn1cccc1Cl. The van der Waals surface area contributed by atoms with E-state index < -0.39 is 8.32 Å². The summed E-state index contributed by atoms with van der Waals surface area (Å²) in [6.45, 7) is 13.1. The summed E-state index contributed by atoms with van der Waals surface area (Å²) >= 11 is 6.01. The van der Waals surface area contributed by atoms with E-state index in [2.05, 4.69) is 38.4 Å². The van der Waals surface area contributed by atoms with Crippen molar-refractivity contribution in [3.8, 4) is 0 Å². The summed E-state index contributed by atoms with van der Waals surface area (Å²) in [4.78, 5) is 0. The van der Waals surface area contributed by atoms with Gasteiger partial charge in [0.05, 0.1) is 0 Å². The van der Waals surface area contributed by atoms with Crippen LogP contribution >= 0.6 is 11.6 Å². The molecule has 0 fully saturated rings. The van der Waals surface area contributed by atoms with Gasteiger partial charge in [-0.2, -0.15) is 0 Å². The first-order valence-corrected chi connectivity index (χ1v) is 9.47. The zero-order valence-electron chi connectivity index (χ0n) is 11.6. The Hall–Kier alpha value is -0.253. The molecule has 98 valence electrons. The van der Waals surface area contributed by atoms with Crippen LogP contribution in [0.5, 0.6) is 0 Å². The second-order valence-electron chi connectivity index (χ2n) is 5.99. The summed E-state index contributed by atoms with van der Waals surface area (Å²) in [5.74, 6) is 0. The average molecular weight is 274 g/mol. The Labute approximate surface area is 111 Å². The van der Waals surface area contributed by atoms with Crippen molar-refractivity contribution in [2.75, 3.05) is 6.61 Å². The van der Waals surface area contributed by atoms with Crippen molar-refractivity contribution in [3.05, 3.63) is 23.5 Å². The molecular formula is C13H24ClNOSi. The lowest BCUT2D eigenvalue weighted by molar-refractivity contribution is 0.275. The molecule has 0 N–H and O–H groups in total. The van der Waals surface area contributed by atoms with E-state index in [9.17, 15) is 0 Å². The Morgan fingerprint density at radius 1 is 1.35 bits per heavy atom. The predicted octanol–water partition coefficient (Wildman–Crippen LogP) is 4.55. The van der Waals surface area contributed by atoms with Gasteiger partial charge >= 0.3 is 0 Å². The van der Waals surface area contributed by atoms with E-state index in [4.69, 9.17) is 16.0 Å². The van der Waals surface area contributed by atoms with Crippen molar-refractivity contribution in [1.82, 2.24) is 4.57 Å². The number of halogens is 1. The van der Waals surface area contributed by atoms with Gasteiger partial charge in [0, 0.05) is 19.3 Å². The predicted molar refractivity (Wildman–Crippen MR) is 77.2 cm³/mol. The maximum Gasteiger partial charge on any atom is 0.191 e. The second-order valence-corrected chi connectivity index (χ2v) is 11.2. The van der Waals surface area contributed by atoms with Gasteiger partial charge < -0.3 is 8.99 Å². The first-order chi connectivity index (χ1) is 7.74. The topological polar surface area (TPSA) is 14.2 Å². The molecule has 1 aromatic heterocycles. The number of aromatic nitrogens is 1. The lowest BCUT2D eigenvalue weighted by Crippen LogP contribution is -2.41. The molecule has 4 heteroatoms. The molecule has 1 heterocycles. The first-order valence-electron chi connectivity index (χ1n) is 6.19. The molecule has 0 radical (unpaired) electrons. The zero-order valence-corrected chi connectivity index (χ0v) is 13.3. The molecule has 0 aromatic carbocycles. The van der Waals surface area contributed by atoms with E-state index >= 15 is 0 Å². The van der Waals surface area contributed by atoms with Crippen LogP contribution in [0.15, 0.2) is 18.3 Å². The van der Waals surface area contributed by atoms with E-state index in [0.29, 0.717) is 0 Å². The fourth-order valence-corrected chi connectivity index (χ4v) is 2.65. The van der Waals surface area contributed by atoms with E-state index in [1.807, 2.05) is 18.3 Å². The van der Waals surface area contributed by atoms with Gasteiger partial charge in [-0.25, -0.2) is 0 Å². The number of aryl methyl sites for hydroxylation is 1. The van der Waals surface area contributed by atoms with E-state index in [-0.39, 0.29) is 5.04 Å². The number of hydrogen-bond donors (Lipinski definition) is 0. The molecule has 17 heavy (non-hydrogen) atoms. The number of hydrogen-bond acceptors (Lipinski definition) is 1. The Morgan fingerprint density at radius 3 is 2.47 bits per heavy atom. The lowest BCUT2D eigenvalue weighted by Gasteiger charge is -2.36. The van der Waals surface area contributed by atoms with Crippen LogP contribution in [-0.4, -0.2) is 19.5 Å². The first kappa shape index (κ1) is 14.8. The van der Waals surface area contributed by atoms with Crippen molar-refractivity contribution in [2.45, 2.75) is 51.9 Å². The standard InChI is InChI=1S/C13H24ClNOSi/c1-13(2,3)17(4,5)16-11-7-10-15-9-6-8-12(15)14/h6,8-9H,7,10-11H2,1-5H3. The van der Waals surface area contributed by atoms with Gasteiger partial charge in [-0.05, 0) is 36.7 Å². The van der Waals surface area contributed by atoms with Crippen LogP contribution in [0, 0.1) is 0 Å². The van der Waals surface area contributed by atoms with Crippen LogP contribution in [0.3, 0.4) is 0 Å². The van der Waals surface area contributed by atoms with Gasteiger partial charge in [0.2, 0.25) is 0 Å². The van der Waals surface area contributed by atoms with Crippen molar-refractivity contribution in [2.24, 2.45) is 0 Å². The maximum absolute atomic E-state index is 6.11. The highest BCUT2D eigenvalue weighted by molar-refractivity contribution is 6.74. The molecule has 0 amide bonds. The quantitative estimate of drug-likeness (QED) is 0.567. The Morgan fingerprint density at radius 2 is 2.00 bits per heavy atom. The van der Waals surface area contributed by atoms with Crippen LogP contribution in [0.2, 0.25) is 23.3 Å². The molecule has 0 saturated heterocycles. The molecule has 1 aromatic rings. The largest absolute Gasteiger partial charge is 0.417 e. The molecule has 2 nitrogen and oxygen atoms in total. The molecule has 0 atom stereocenters. The van der Waals surface area contributed by atoms with Gasteiger partial charge in [0.15, 0.2) is 8.32 Å². The van der Waals surface area contributed by atoms with Crippen LogP contribution in [0.25, 0.3) is 0 Å². The fourth-order valence-electron chi connectivity index (χ4n) is 1.35. The molecule has 0 unspecified atom stereocenters. The Bertz CT molecular complexity index is 355. The van der Waals surface area contributed by atoms with Crippen LogP contribution in [0.1, 0.15) is 27.2 Å². The molecule has 0 bridgehead atoms. The summed E-state index contributed by atoms with van der Waals surface area (Å²) in [7, 11) is -1.58. The normalized spacial score (nSPS) is 13.1. The van der Waals surface area contributed by atoms with Gasteiger partial charge in [0.25, 0.3) is 0 Å². The summed E-state index contributed by atoms with van der Waals surface area (Å²) in [6, 6.07) is 3.88. The lowest BCUT2D eigenvalue weighted by atomic mass is 10.2. The third kappa shape index (κ3) is 4.16. The molecule has 0 saturated carbocycles. The molecule has 0 aliphatic heterocycles. The summed E-state index contributed by atoms with van der Waals surface area (Å²) in [5.41, 5.74) is 0. The Balaban J connectivity index is 2.32. The van der Waals surface area contributed by atoms with E-state index in [0.717, 1.165) is 24.7 Å². The smallest absolute Gasteiger partial charge is 0.191 e. The van der Waals surface area contributed by atoms with E-state index in [1.165, 1.54) is 0 Å². The van der Waals surface area contributed by atoms with Gasteiger partial charge in [-0.1, -0.05) is 32.4 Å². The third-order valence-electron chi connectivity index (χ3n) is 3.59. The molecule has 0 aliphatic carbocycles. The molecule has 0 spiro atoms. The maximum atomic E-state index is 6.11. The van der Waals surface area contributed by atoms with Crippen molar-refractivity contribution >= 4 is 19.9 Å². The minimum atomic E-state index is -1.58. The van der Waals surface area contributed by atoms with Gasteiger partial charge in [-0.3, -0.25) is 0 Å².